The Labute approximate surface area is 202 Å². The summed E-state index contributed by atoms with van der Waals surface area (Å²) in [6.45, 7) is 0.646. The van der Waals surface area contributed by atoms with Gasteiger partial charge in [-0.25, -0.2) is 0 Å². The molecule has 168 valence electrons. The Morgan fingerprint density at radius 3 is 2.38 bits per heavy atom. The molecule has 0 unspecified atom stereocenters. The Bertz CT molecular complexity index is 1410. The van der Waals surface area contributed by atoms with Crippen molar-refractivity contribution in [2.45, 2.75) is 13.1 Å². The molecule has 0 bridgehead atoms. The van der Waals surface area contributed by atoms with Crippen molar-refractivity contribution in [2.24, 2.45) is 0 Å². The normalized spacial score (nSPS) is 14.6. The summed E-state index contributed by atoms with van der Waals surface area (Å²) in [5.41, 5.74) is 3.90. The highest BCUT2D eigenvalue weighted by molar-refractivity contribution is 7.80. The largest absolute Gasteiger partial charge is 0.350 e. The van der Waals surface area contributed by atoms with Gasteiger partial charge in [0.05, 0.1) is 5.69 Å². The zero-order valence-corrected chi connectivity index (χ0v) is 19.1. The number of fused-ring (bicyclic) bond motifs is 1. The lowest BCUT2D eigenvalue weighted by atomic mass is 10.1. The standard InChI is InChI=1S/C27H22N4O2S/c32-25(28-16-19-9-3-1-4-10-19)18-30-17-20(22-13-7-8-14-24(22)30)15-23-26(33)31(27(34)29-23)21-11-5-2-6-12-21/h1-15,17H,16,18H2,(H,28,32)(H,29,34)/b23-15-. The highest BCUT2D eigenvalue weighted by Crippen LogP contribution is 2.26. The van der Waals surface area contributed by atoms with Crippen LogP contribution in [0, 0.1) is 0 Å². The highest BCUT2D eigenvalue weighted by atomic mass is 32.1. The number of carbonyl (C=O) groups is 2. The molecule has 34 heavy (non-hydrogen) atoms. The third-order valence-electron chi connectivity index (χ3n) is 5.66. The van der Waals surface area contributed by atoms with Gasteiger partial charge in [-0.2, -0.15) is 0 Å². The van der Waals surface area contributed by atoms with Crippen LogP contribution in [0.3, 0.4) is 0 Å². The molecule has 1 fully saturated rings. The second-order valence-electron chi connectivity index (χ2n) is 7.96. The number of para-hydroxylation sites is 2. The molecule has 5 rings (SSSR count). The second kappa shape index (κ2) is 9.33. The molecule has 4 aromatic rings. The second-order valence-corrected chi connectivity index (χ2v) is 8.34. The lowest BCUT2D eigenvalue weighted by Crippen LogP contribution is -2.30. The first kappa shape index (κ1) is 21.6. The first-order valence-electron chi connectivity index (χ1n) is 10.9. The molecule has 0 aliphatic carbocycles. The molecule has 7 heteroatoms. The van der Waals surface area contributed by atoms with Crippen molar-refractivity contribution >= 4 is 51.8 Å². The monoisotopic (exact) mass is 466 g/mol. The Balaban J connectivity index is 1.39. The van der Waals surface area contributed by atoms with Gasteiger partial charge in [0, 0.05) is 29.2 Å². The van der Waals surface area contributed by atoms with Crippen molar-refractivity contribution in [1.29, 1.82) is 0 Å². The molecule has 1 aliphatic rings. The summed E-state index contributed by atoms with van der Waals surface area (Å²) in [4.78, 5) is 27.2. The number of aromatic nitrogens is 1. The molecule has 0 spiro atoms. The fourth-order valence-corrected chi connectivity index (χ4v) is 4.33. The van der Waals surface area contributed by atoms with E-state index in [1.54, 1.807) is 6.08 Å². The average Bonchev–Trinajstić information content (AvgIpc) is 3.35. The smallest absolute Gasteiger partial charge is 0.281 e. The number of rotatable bonds is 6. The van der Waals surface area contributed by atoms with Gasteiger partial charge in [-0.05, 0) is 42.1 Å². The van der Waals surface area contributed by atoms with Crippen molar-refractivity contribution in [2.75, 3.05) is 4.90 Å². The minimum atomic E-state index is -0.214. The number of benzene rings is 3. The van der Waals surface area contributed by atoms with E-state index in [1.165, 1.54) is 4.90 Å². The van der Waals surface area contributed by atoms with Gasteiger partial charge in [0.25, 0.3) is 5.91 Å². The molecule has 1 aliphatic heterocycles. The van der Waals surface area contributed by atoms with Crippen LogP contribution in [0.15, 0.2) is 96.8 Å². The van der Waals surface area contributed by atoms with E-state index in [4.69, 9.17) is 12.2 Å². The first-order chi connectivity index (χ1) is 16.6. The lowest BCUT2D eigenvalue weighted by Gasteiger charge is -2.13. The van der Waals surface area contributed by atoms with Crippen LogP contribution in [-0.4, -0.2) is 21.5 Å². The molecule has 0 radical (unpaired) electrons. The van der Waals surface area contributed by atoms with Crippen molar-refractivity contribution < 1.29 is 9.59 Å². The minimum Gasteiger partial charge on any atom is -0.350 e. The Hall–Kier alpha value is -4.23. The van der Waals surface area contributed by atoms with E-state index in [0.717, 1.165) is 22.0 Å². The van der Waals surface area contributed by atoms with Crippen LogP contribution in [0.1, 0.15) is 11.1 Å². The molecule has 2 N–H and O–H groups in total. The maximum absolute atomic E-state index is 13.1. The molecular weight excluding hydrogens is 444 g/mol. The molecule has 0 saturated carbocycles. The van der Waals surface area contributed by atoms with Crippen LogP contribution in [0.4, 0.5) is 5.69 Å². The lowest BCUT2D eigenvalue weighted by molar-refractivity contribution is -0.121. The van der Waals surface area contributed by atoms with Crippen LogP contribution in [0.2, 0.25) is 0 Å². The molecule has 1 saturated heterocycles. The van der Waals surface area contributed by atoms with E-state index in [1.807, 2.05) is 95.7 Å². The number of amides is 2. The first-order valence-corrected chi connectivity index (χ1v) is 11.3. The summed E-state index contributed by atoms with van der Waals surface area (Å²) >= 11 is 5.42. The molecule has 1 aromatic heterocycles. The predicted octanol–water partition coefficient (Wildman–Crippen LogP) is 4.22. The van der Waals surface area contributed by atoms with E-state index in [2.05, 4.69) is 10.6 Å². The third kappa shape index (κ3) is 4.33. The van der Waals surface area contributed by atoms with Gasteiger partial charge >= 0.3 is 0 Å². The Morgan fingerprint density at radius 1 is 0.941 bits per heavy atom. The molecule has 2 heterocycles. The minimum absolute atomic E-state index is 0.0877. The molecule has 3 aromatic carbocycles. The van der Waals surface area contributed by atoms with Gasteiger partial charge in [-0.15, -0.1) is 0 Å². The molecular formula is C27H22N4O2S. The predicted molar refractivity (Wildman–Crippen MR) is 138 cm³/mol. The number of thiocarbonyl (C=S) groups is 1. The summed E-state index contributed by atoms with van der Waals surface area (Å²) in [6.07, 6.45) is 3.68. The summed E-state index contributed by atoms with van der Waals surface area (Å²) < 4.78 is 1.90. The van der Waals surface area contributed by atoms with Gasteiger partial charge in [-0.1, -0.05) is 66.7 Å². The molecule has 6 nitrogen and oxygen atoms in total. The van der Waals surface area contributed by atoms with Crippen LogP contribution >= 0.6 is 12.2 Å². The number of anilines is 1. The molecule has 0 atom stereocenters. The average molecular weight is 467 g/mol. The zero-order valence-electron chi connectivity index (χ0n) is 18.3. The summed E-state index contributed by atoms with van der Waals surface area (Å²) in [6, 6.07) is 26.9. The highest BCUT2D eigenvalue weighted by Gasteiger charge is 2.32. The van der Waals surface area contributed by atoms with Crippen molar-refractivity contribution in [3.8, 4) is 0 Å². The van der Waals surface area contributed by atoms with Gasteiger partial charge in [0.1, 0.15) is 12.2 Å². The fourth-order valence-electron chi connectivity index (χ4n) is 4.03. The van der Waals surface area contributed by atoms with E-state index < -0.39 is 0 Å². The number of hydrogen-bond donors (Lipinski definition) is 2. The number of carbonyl (C=O) groups excluding carboxylic acids is 2. The van der Waals surface area contributed by atoms with Gasteiger partial charge in [-0.3, -0.25) is 14.5 Å². The van der Waals surface area contributed by atoms with E-state index in [-0.39, 0.29) is 18.4 Å². The van der Waals surface area contributed by atoms with E-state index >= 15 is 0 Å². The van der Waals surface area contributed by atoms with Crippen molar-refractivity contribution in [1.82, 2.24) is 15.2 Å². The number of hydrogen-bond acceptors (Lipinski definition) is 3. The van der Waals surface area contributed by atoms with E-state index in [9.17, 15) is 9.59 Å². The number of nitrogens with one attached hydrogen (secondary N) is 2. The van der Waals surface area contributed by atoms with Crippen LogP contribution in [-0.2, 0) is 22.7 Å². The Morgan fingerprint density at radius 2 is 1.62 bits per heavy atom. The molecule has 2 amide bonds. The van der Waals surface area contributed by atoms with Gasteiger partial charge < -0.3 is 15.2 Å². The number of nitrogens with zero attached hydrogens (tertiary/aromatic N) is 2. The van der Waals surface area contributed by atoms with Crippen molar-refractivity contribution in [3.63, 3.8) is 0 Å². The Kier molecular flexibility index (Phi) is 5.93. The van der Waals surface area contributed by atoms with Gasteiger partial charge in [0.2, 0.25) is 5.91 Å². The zero-order chi connectivity index (χ0) is 23.5. The van der Waals surface area contributed by atoms with Gasteiger partial charge in [0.15, 0.2) is 5.11 Å². The van der Waals surface area contributed by atoms with Crippen LogP contribution in [0.25, 0.3) is 17.0 Å². The van der Waals surface area contributed by atoms with Crippen LogP contribution < -0.4 is 15.5 Å². The summed E-state index contributed by atoms with van der Waals surface area (Å²) in [5.74, 6) is -0.302. The maximum Gasteiger partial charge on any atom is 0.281 e. The summed E-state index contributed by atoms with van der Waals surface area (Å²) in [7, 11) is 0. The fraction of sp³-hybridized carbons (Fsp3) is 0.0741. The summed E-state index contributed by atoms with van der Waals surface area (Å²) in [5, 5.41) is 7.29. The SMILES string of the molecule is O=C(Cn1cc(/C=C2\NC(=S)N(c3ccccc3)C2=O)c2ccccc21)NCc1ccccc1. The maximum atomic E-state index is 13.1. The van der Waals surface area contributed by atoms with Crippen LogP contribution in [0.5, 0.6) is 0 Å². The topological polar surface area (TPSA) is 66.4 Å². The van der Waals surface area contributed by atoms with Crippen molar-refractivity contribution in [3.05, 3.63) is 108 Å². The third-order valence-corrected chi connectivity index (χ3v) is 5.94. The van der Waals surface area contributed by atoms with E-state index in [0.29, 0.717) is 23.0 Å². The quantitative estimate of drug-likeness (QED) is 0.330.